The predicted octanol–water partition coefficient (Wildman–Crippen LogP) is 7.59. The Hall–Kier alpha value is -2.77. The quantitative estimate of drug-likeness (QED) is 0.124. The Morgan fingerprint density at radius 3 is 2.26 bits per heavy atom. The van der Waals surface area contributed by atoms with Gasteiger partial charge in [0, 0.05) is 23.6 Å². The number of hydrogen-bond donors (Lipinski definition) is 1. The molecule has 2 aromatic rings. The van der Waals surface area contributed by atoms with E-state index in [1.165, 1.54) is 0 Å². The number of carbonyl (C=O) groups excluding carboxylic acids is 2. The molecule has 0 bridgehead atoms. The fourth-order valence-corrected chi connectivity index (χ4v) is 9.10. The van der Waals surface area contributed by atoms with Gasteiger partial charge in [0.25, 0.3) is 5.88 Å². The van der Waals surface area contributed by atoms with Gasteiger partial charge in [0.05, 0.1) is 30.5 Å². The number of aromatic nitrogens is 2. The van der Waals surface area contributed by atoms with Crippen LogP contribution in [0.2, 0.25) is 23.3 Å². The van der Waals surface area contributed by atoms with Crippen LogP contribution in [0.25, 0.3) is 0 Å². The van der Waals surface area contributed by atoms with Crippen LogP contribution in [0.4, 0.5) is 0 Å². The van der Waals surface area contributed by atoms with Gasteiger partial charge in [-0.05, 0) is 83.1 Å². The highest BCUT2D eigenvalue weighted by molar-refractivity contribution is 6.74. The number of halogens is 1. The van der Waals surface area contributed by atoms with E-state index < -0.39 is 43.4 Å². The third kappa shape index (κ3) is 6.44. The third-order valence-electron chi connectivity index (χ3n) is 10.9. The standard InChI is InChI=1S/C37H55ClN4O7Si/c1-12-14-16-46-30-24(20-41(6)7)39-34(38)22-18-21-19-23-28(42(8)9)31-27(35(40-48-31)47-17-15-13-2)33(45)37(23,49-50(10,11)36(3,4)5)32(44)25(21)29(43)26(22)30/h21,23,28,44H,12-20H2,1-11H3/t21-,23-,28-,37?/m0/s1. The molecule has 0 saturated carbocycles. The van der Waals surface area contributed by atoms with Crippen molar-refractivity contribution in [1.82, 2.24) is 19.9 Å². The minimum Gasteiger partial charge on any atom is -0.508 e. The predicted molar refractivity (Wildman–Crippen MR) is 195 cm³/mol. The topological polar surface area (TPSA) is 127 Å². The number of aliphatic hydroxyl groups is 1. The average molecular weight is 731 g/mol. The summed E-state index contributed by atoms with van der Waals surface area (Å²) in [5.74, 6) is -1.48. The van der Waals surface area contributed by atoms with Crippen molar-refractivity contribution in [3.63, 3.8) is 0 Å². The molecule has 1 unspecified atom stereocenters. The number of pyridine rings is 1. The molecule has 2 heterocycles. The van der Waals surface area contributed by atoms with Crippen molar-refractivity contribution >= 4 is 31.5 Å². The van der Waals surface area contributed by atoms with E-state index in [4.69, 9.17) is 35.0 Å². The number of ketones is 2. The zero-order valence-electron chi connectivity index (χ0n) is 31.7. The number of ether oxygens (including phenoxy) is 2. The minimum absolute atomic E-state index is 0.0833. The second-order valence-electron chi connectivity index (χ2n) is 16.1. The first-order valence-corrected chi connectivity index (χ1v) is 21.2. The number of allylic oxidation sites excluding steroid dienone is 1. The summed E-state index contributed by atoms with van der Waals surface area (Å²) in [6, 6.07) is -0.521. The van der Waals surface area contributed by atoms with Gasteiger partial charge in [0.15, 0.2) is 31.2 Å². The van der Waals surface area contributed by atoms with E-state index in [9.17, 15) is 5.11 Å². The molecule has 0 amide bonds. The van der Waals surface area contributed by atoms with E-state index in [0.29, 0.717) is 60.9 Å². The molecule has 3 aliphatic rings. The van der Waals surface area contributed by atoms with Crippen molar-refractivity contribution in [2.24, 2.45) is 11.8 Å². The fourth-order valence-electron chi connectivity index (χ4n) is 7.37. The van der Waals surface area contributed by atoms with Crippen LogP contribution in [0.3, 0.4) is 0 Å². The molecule has 0 spiro atoms. The summed E-state index contributed by atoms with van der Waals surface area (Å²) >= 11 is 6.89. The molecule has 0 saturated heterocycles. The lowest BCUT2D eigenvalue weighted by atomic mass is 9.58. The van der Waals surface area contributed by atoms with Crippen molar-refractivity contribution in [1.29, 1.82) is 0 Å². The van der Waals surface area contributed by atoms with Gasteiger partial charge in [-0.15, -0.1) is 0 Å². The van der Waals surface area contributed by atoms with Gasteiger partial charge in [-0.25, -0.2) is 4.98 Å². The Kier molecular flexibility index (Phi) is 11.0. The lowest BCUT2D eigenvalue weighted by Crippen LogP contribution is -2.65. The smallest absolute Gasteiger partial charge is 0.265 e. The molecule has 1 N–H and O–H groups in total. The lowest BCUT2D eigenvalue weighted by molar-refractivity contribution is -0.0480. The molecule has 4 atom stereocenters. The van der Waals surface area contributed by atoms with Crippen LogP contribution >= 0.6 is 11.6 Å². The van der Waals surface area contributed by atoms with E-state index in [2.05, 4.69) is 52.9 Å². The molecule has 50 heavy (non-hydrogen) atoms. The summed E-state index contributed by atoms with van der Waals surface area (Å²) in [5, 5.41) is 17.0. The highest BCUT2D eigenvalue weighted by atomic mass is 35.5. The molecule has 0 fully saturated rings. The summed E-state index contributed by atoms with van der Waals surface area (Å²) in [5.41, 5.74) is -0.102. The number of carbonyl (C=O) groups is 2. The van der Waals surface area contributed by atoms with Crippen molar-refractivity contribution in [3.8, 4) is 11.6 Å². The highest BCUT2D eigenvalue weighted by Crippen LogP contribution is 2.60. The second-order valence-corrected chi connectivity index (χ2v) is 21.2. The minimum atomic E-state index is -2.82. The van der Waals surface area contributed by atoms with Crippen LogP contribution in [0.1, 0.15) is 110 Å². The van der Waals surface area contributed by atoms with Gasteiger partial charge in [-0.3, -0.25) is 14.5 Å². The van der Waals surface area contributed by atoms with Crippen LogP contribution in [0.15, 0.2) is 15.9 Å². The van der Waals surface area contributed by atoms with Crippen molar-refractivity contribution < 1.29 is 33.1 Å². The second kappa shape index (κ2) is 14.3. The van der Waals surface area contributed by atoms with Crippen LogP contribution in [-0.2, 0) is 17.4 Å². The van der Waals surface area contributed by atoms with Crippen LogP contribution in [0.5, 0.6) is 11.6 Å². The zero-order chi connectivity index (χ0) is 36.9. The van der Waals surface area contributed by atoms with E-state index in [1.54, 1.807) is 0 Å². The molecule has 2 aromatic heterocycles. The Bertz CT molecular complexity index is 1660. The average Bonchev–Trinajstić information content (AvgIpc) is 3.42. The Morgan fingerprint density at radius 2 is 1.68 bits per heavy atom. The normalized spacial score (nSPS) is 23.6. The van der Waals surface area contributed by atoms with Gasteiger partial charge >= 0.3 is 0 Å². The van der Waals surface area contributed by atoms with Crippen LogP contribution < -0.4 is 9.47 Å². The van der Waals surface area contributed by atoms with Gasteiger partial charge in [-0.2, -0.15) is 0 Å². The Morgan fingerprint density at radius 1 is 1.04 bits per heavy atom. The molecule has 5 rings (SSSR count). The number of aliphatic hydroxyl groups excluding tert-OH is 1. The highest BCUT2D eigenvalue weighted by Gasteiger charge is 2.67. The Labute approximate surface area is 302 Å². The molecular weight excluding hydrogens is 676 g/mol. The maximum atomic E-state index is 15.3. The molecule has 3 aliphatic carbocycles. The molecule has 0 aliphatic heterocycles. The summed E-state index contributed by atoms with van der Waals surface area (Å²) in [6.45, 7) is 15.6. The fraction of sp³-hybridized carbons (Fsp3) is 0.676. The van der Waals surface area contributed by atoms with Gasteiger partial charge in [0.1, 0.15) is 16.5 Å². The van der Waals surface area contributed by atoms with Gasteiger partial charge in [0.2, 0.25) is 5.78 Å². The van der Waals surface area contributed by atoms with Gasteiger partial charge in [-0.1, -0.05) is 59.1 Å². The van der Waals surface area contributed by atoms with Crippen molar-refractivity contribution in [2.45, 2.75) is 109 Å². The SMILES string of the molecule is CCCCOc1noc2c1C(=O)C1(O[Si](C)(C)C(C)(C)C)C(O)=C3C(=O)c4c(c(Cl)nc(CN(C)C)c4OCCCC)C[C@H]3C[C@H]1[C@@H]2N(C)C. The van der Waals surface area contributed by atoms with E-state index in [1.807, 2.05) is 38.0 Å². The monoisotopic (exact) mass is 730 g/mol. The van der Waals surface area contributed by atoms with E-state index in [0.717, 1.165) is 25.7 Å². The number of Topliss-reactive ketones (excluding diaryl/α,β-unsaturated/α-hetero) is 2. The number of hydrogen-bond acceptors (Lipinski definition) is 11. The summed E-state index contributed by atoms with van der Waals surface area (Å²) in [6.07, 6.45) is 4.05. The molecular formula is C37H55ClN4O7Si. The first-order chi connectivity index (χ1) is 23.4. The first-order valence-electron chi connectivity index (χ1n) is 17.9. The van der Waals surface area contributed by atoms with Crippen molar-refractivity contribution in [3.05, 3.63) is 44.6 Å². The number of nitrogens with zero attached hydrogens (tertiary/aromatic N) is 4. The maximum absolute atomic E-state index is 15.3. The summed E-state index contributed by atoms with van der Waals surface area (Å²) in [7, 11) is 4.82. The van der Waals surface area contributed by atoms with Crippen LogP contribution in [0, 0.1) is 11.8 Å². The number of rotatable bonds is 13. The molecule has 276 valence electrons. The zero-order valence-corrected chi connectivity index (χ0v) is 33.4. The first kappa shape index (κ1) is 38.5. The molecule has 0 aromatic carbocycles. The summed E-state index contributed by atoms with van der Waals surface area (Å²) < 4.78 is 25.5. The largest absolute Gasteiger partial charge is 0.508 e. The summed E-state index contributed by atoms with van der Waals surface area (Å²) in [4.78, 5) is 39.0. The Balaban J connectivity index is 1.79. The molecule has 0 radical (unpaired) electrons. The third-order valence-corrected chi connectivity index (χ3v) is 15.7. The molecule has 11 nitrogen and oxygen atoms in total. The van der Waals surface area contributed by atoms with Crippen LogP contribution in [-0.4, -0.2) is 91.9 Å². The van der Waals surface area contributed by atoms with Gasteiger partial charge < -0.3 is 28.4 Å². The maximum Gasteiger partial charge on any atom is 0.265 e. The van der Waals surface area contributed by atoms with E-state index in [-0.39, 0.29) is 33.0 Å². The van der Waals surface area contributed by atoms with Crippen molar-refractivity contribution in [2.75, 3.05) is 41.4 Å². The number of unbranched alkanes of at least 4 members (excludes halogenated alkanes) is 2. The number of fused-ring (bicyclic) bond motifs is 4. The molecule has 13 heteroatoms. The lowest BCUT2D eigenvalue weighted by Gasteiger charge is -2.55. The van der Waals surface area contributed by atoms with E-state index >= 15 is 9.59 Å².